The summed E-state index contributed by atoms with van der Waals surface area (Å²) in [6.45, 7) is 6.61. The normalized spacial score (nSPS) is 11.2. The van der Waals surface area contributed by atoms with Gasteiger partial charge in [-0.25, -0.2) is 9.98 Å². The largest absolute Gasteiger partial charge is 0.444 e. The molecule has 0 aliphatic heterocycles. The molecular weight excluding hydrogens is 419 g/mol. The van der Waals surface area contributed by atoms with Gasteiger partial charge in [0.05, 0.1) is 6.54 Å². The van der Waals surface area contributed by atoms with Crippen molar-refractivity contribution in [1.82, 2.24) is 10.3 Å². The highest BCUT2D eigenvalue weighted by atomic mass is 127. The lowest BCUT2D eigenvalue weighted by molar-refractivity contribution is 0.145. The Balaban J connectivity index is 0.00000288. The van der Waals surface area contributed by atoms with Crippen LogP contribution in [-0.2, 0) is 11.3 Å². The molecule has 3 N–H and O–H groups in total. The second-order valence-corrected chi connectivity index (χ2v) is 5.19. The number of rotatable bonds is 8. The first-order valence-corrected chi connectivity index (χ1v) is 7.82. The van der Waals surface area contributed by atoms with Gasteiger partial charge in [0.1, 0.15) is 12.0 Å². The minimum absolute atomic E-state index is 0. The quantitative estimate of drug-likeness (QED) is 0.283. The van der Waals surface area contributed by atoms with Crippen molar-refractivity contribution in [3.8, 4) is 11.5 Å². The Bertz CT molecular complexity index is 626. The number of guanidine groups is 1. The molecule has 0 atom stereocenters. The van der Waals surface area contributed by atoms with Crippen LogP contribution in [-0.4, -0.2) is 30.7 Å². The number of ether oxygens (including phenoxy) is 1. The second kappa shape index (κ2) is 11.0. The number of oxazole rings is 1. The number of nitrogens with zero attached hydrogens (tertiary/aromatic N) is 2. The molecule has 0 saturated carbocycles. The average molecular weight is 444 g/mol. The van der Waals surface area contributed by atoms with Crippen LogP contribution in [0.1, 0.15) is 24.6 Å². The van der Waals surface area contributed by atoms with Gasteiger partial charge in [-0.05, 0) is 32.4 Å². The molecule has 6 nitrogen and oxygen atoms in total. The van der Waals surface area contributed by atoms with E-state index in [4.69, 9.17) is 14.9 Å². The summed E-state index contributed by atoms with van der Waals surface area (Å²) in [4.78, 5) is 8.68. The van der Waals surface area contributed by atoms with Gasteiger partial charge in [0.2, 0.25) is 5.89 Å². The van der Waals surface area contributed by atoms with Crippen LogP contribution >= 0.6 is 24.0 Å². The van der Waals surface area contributed by atoms with E-state index in [0.29, 0.717) is 18.4 Å². The van der Waals surface area contributed by atoms with Crippen molar-refractivity contribution >= 4 is 29.9 Å². The van der Waals surface area contributed by atoms with Crippen LogP contribution in [0.15, 0.2) is 39.9 Å². The SMILES string of the molecule is CCOCCCNC(N)=NCc1coc(-c2ccc(C)cc2)n1.I. The third-order valence-corrected chi connectivity index (χ3v) is 3.24. The number of aliphatic imine (C=N–C) groups is 1. The van der Waals surface area contributed by atoms with E-state index in [1.807, 2.05) is 38.1 Å². The Kier molecular flexibility index (Phi) is 9.39. The van der Waals surface area contributed by atoms with Gasteiger partial charge in [-0.3, -0.25) is 0 Å². The molecule has 1 aromatic carbocycles. The Labute approximate surface area is 159 Å². The lowest BCUT2D eigenvalue weighted by Crippen LogP contribution is -2.32. The molecule has 1 aromatic heterocycles. The maximum absolute atomic E-state index is 5.81. The molecule has 1 heterocycles. The Morgan fingerprint density at radius 2 is 2.08 bits per heavy atom. The van der Waals surface area contributed by atoms with E-state index in [1.165, 1.54) is 5.56 Å². The molecule has 132 valence electrons. The first kappa shape index (κ1) is 20.4. The number of halogens is 1. The monoisotopic (exact) mass is 444 g/mol. The Hall–Kier alpha value is -1.61. The van der Waals surface area contributed by atoms with Crippen LogP contribution < -0.4 is 11.1 Å². The number of aryl methyl sites for hydroxylation is 1. The molecular formula is C17H25IN4O2. The van der Waals surface area contributed by atoms with E-state index >= 15 is 0 Å². The van der Waals surface area contributed by atoms with Gasteiger partial charge in [0.15, 0.2) is 5.96 Å². The molecule has 0 aliphatic carbocycles. The zero-order valence-electron chi connectivity index (χ0n) is 14.1. The van der Waals surface area contributed by atoms with Gasteiger partial charge in [0.25, 0.3) is 0 Å². The third kappa shape index (κ3) is 6.88. The van der Waals surface area contributed by atoms with E-state index < -0.39 is 0 Å². The summed E-state index contributed by atoms with van der Waals surface area (Å²) in [7, 11) is 0. The molecule has 0 saturated heterocycles. The summed E-state index contributed by atoms with van der Waals surface area (Å²) in [6.07, 6.45) is 2.51. The van der Waals surface area contributed by atoms with Gasteiger partial charge >= 0.3 is 0 Å². The lowest BCUT2D eigenvalue weighted by Gasteiger charge is -2.04. The number of benzene rings is 1. The number of nitrogens with one attached hydrogen (secondary N) is 1. The van der Waals surface area contributed by atoms with Crippen LogP contribution in [0.3, 0.4) is 0 Å². The standard InChI is InChI=1S/C17H24N4O2.HI/c1-3-22-10-4-9-19-17(18)20-11-15-12-23-16(21-15)14-7-5-13(2)6-8-14;/h5-8,12H,3-4,9-11H2,1-2H3,(H3,18,19,20);1H. The van der Waals surface area contributed by atoms with Crippen LogP contribution in [0.25, 0.3) is 11.5 Å². The topological polar surface area (TPSA) is 85.7 Å². The van der Waals surface area contributed by atoms with Crippen LogP contribution in [0, 0.1) is 6.92 Å². The summed E-state index contributed by atoms with van der Waals surface area (Å²) in [6, 6.07) is 8.04. The van der Waals surface area contributed by atoms with Crippen molar-refractivity contribution in [3.63, 3.8) is 0 Å². The lowest BCUT2D eigenvalue weighted by atomic mass is 10.1. The molecule has 0 fully saturated rings. The maximum atomic E-state index is 5.81. The van der Waals surface area contributed by atoms with Crippen molar-refractivity contribution in [2.24, 2.45) is 10.7 Å². The van der Waals surface area contributed by atoms with Gasteiger partial charge in [-0.15, -0.1) is 24.0 Å². The Morgan fingerprint density at radius 1 is 1.33 bits per heavy atom. The molecule has 0 aliphatic rings. The fourth-order valence-corrected chi connectivity index (χ4v) is 1.97. The summed E-state index contributed by atoms with van der Waals surface area (Å²) in [5.41, 5.74) is 8.71. The number of nitrogens with two attached hydrogens (primary N) is 1. The van der Waals surface area contributed by atoms with E-state index in [-0.39, 0.29) is 24.0 Å². The van der Waals surface area contributed by atoms with E-state index in [9.17, 15) is 0 Å². The van der Waals surface area contributed by atoms with Gasteiger partial charge in [-0.2, -0.15) is 0 Å². The van der Waals surface area contributed by atoms with Crippen molar-refractivity contribution in [1.29, 1.82) is 0 Å². The average Bonchev–Trinajstić information content (AvgIpc) is 3.02. The first-order valence-electron chi connectivity index (χ1n) is 7.82. The predicted octanol–water partition coefficient (Wildman–Crippen LogP) is 3.10. The highest BCUT2D eigenvalue weighted by Crippen LogP contribution is 2.19. The van der Waals surface area contributed by atoms with Crippen molar-refractivity contribution in [3.05, 3.63) is 41.8 Å². The summed E-state index contributed by atoms with van der Waals surface area (Å²) in [5.74, 6) is 1.000. The molecule has 2 rings (SSSR count). The van der Waals surface area contributed by atoms with Gasteiger partial charge in [0, 0.05) is 25.3 Å². The molecule has 0 radical (unpaired) electrons. The minimum atomic E-state index is 0. The van der Waals surface area contributed by atoms with Crippen molar-refractivity contribution < 1.29 is 9.15 Å². The molecule has 0 bridgehead atoms. The number of hydrogen-bond acceptors (Lipinski definition) is 4. The second-order valence-electron chi connectivity index (χ2n) is 5.19. The minimum Gasteiger partial charge on any atom is -0.444 e. The van der Waals surface area contributed by atoms with E-state index in [0.717, 1.165) is 37.4 Å². The number of hydrogen-bond donors (Lipinski definition) is 2. The van der Waals surface area contributed by atoms with E-state index in [2.05, 4.69) is 15.3 Å². The van der Waals surface area contributed by atoms with Crippen molar-refractivity contribution in [2.75, 3.05) is 19.8 Å². The summed E-state index contributed by atoms with van der Waals surface area (Å²) < 4.78 is 10.7. The van der Waals surface area contributed by atoms with Crippen molar-refractivity contribution in [2.45, 2.75) is 26.8 Å². The molecule has 2 aromatic rings. The predicted molar refractivity (Wildman–Crippen MR) is 107 cm³/mol. The summed E-state index contributed by atoms with van der Waals surface area (Å²) in [5, 5.41) is 3.05. The molecule has 7 heteroatoms. The third-order valence-electron chi connectivity index (χ3n) is 3.24. The van der Waals surface area contributed by atoms with Gasteiger partial charge < -0.3 is 20.2 Å². The van der Waals surface area contributed by atoms with E-state index in [1.54, 1.807) is 6.26 Å². The smallest absolute Gasteiger partial charge is 0.226 e. The Morgan fingerprint density at radius 3 is 2.79 bits per heavy atom. The van der Waals surface area contributed by atoms with Crippen LogP contribution in [0.2, 0.25) is 0 Å². The summed E-state index contributed by atoms with van der Waals surface area (Å²) >= 11 is 0. The fourth-order valence-electron chi connectivity index (χ4n) is 1.97. The zero-order valence-corrected chi connectivity index (χ0v) is 16.4. The number of aromatic nitrogens is 1. The molecule has 0 spiro atoms. The molecule has 0 amide bonds. The molecule has 24 heavy (non-hydrogen) atoms. The molecule has 0 unspecified atom stereocenters. The highest BCUT2D eigenvalue weighted by molar-refractivity contribution is 14.0. The highest BCUT2D eigenvalue weighted by Gasteiger charge is 2.06. The van der Waals surface area contributed by atoms with Crippen LogP contribution in [0.4, 0.5) is 0 Å². The maximum Gasteiger partial charge on any atom is 0.226 e. The zero-order chi connectivity index (χ0) is 16.5. The first-order chi connectivity index (χ1) is 11.2. The van der Waals surface area contributed by atoms with Crippen LogP contribution in [0.5, 0.6) is 0 Å². The van der Waals surface area contributed by atoms with Gasteiger partial charge in [-0.1, -0.05) is 17.7 Å². The fraction of sp³-hybridized carbons (Fsp3) is 0.412.